The topological polar surface area (TPSA) is 21.3 Å². The van der Waals surface area contributed by atoms with Gasteiger partial charge in [0.1, 0.15) is 5.75 Å². The van der Waals surface area contributed by atoms with E-state index in [4.69, 9.17) is 4.74 Å². The Balaban J connectivity index is 2.03. The van der Waals surface area contributed by atoms with Gasteiger partial charge in [-0.2, -0.15) is 0 Å². The van der Waals surface area contributed by atoms with E-state index >= 15 is 0 Å². The Hall–Kier alpha value is -0.540. The number of nitrogens with one attached hydrogen (secondary N) is 1. The van der Waals surface area contributed by atoms with Gasteiger partial charge in [0.15, 0.2) is 0 Å². The Labute approximate surface area is 106 Å². The summed E-state index contributed by atoms with van der Waals surface area (Å²) in [4.78, 5) is 0. The molecule has 0 heterocycles. The quantitative estimate of drug-likeness (QED) is 0.895. The molecule has 0 bridgehead atoms. The van der Waals surface area contributed by atoms with E-state index in [-0.39, 0.29) is 0 Å². The first-order valence-electron chi connectivity index (χ1n) is 5.86. The summed E-state index contributed by atoms with van der Waals surface area (Å²) in [5.41, 5.74) is 1.22. The summed E-state index contributed by atoms with van der Waals surface area (Å²) in [5.74, 6) is 1.78. The SMILES string of the molecule is CNCc1cccc(Br)c1OCC1CCC1. The third kappa shape index (κ3) is 2.77. The lowest BCUT2D eigenvalue weighted by molar-refractivity contribution is 0.178. The van der Waals surface area contributed by atoms with Crippen molar-refractivity contribution in [2.45, 2.75) is 25.8 Å². The fraction of sp³-hybridized carbons (Fsp3) is 0.538. The first-order chi connectivity index (χ1) is 7.81. The maximum absolute atomic E-state index is 5.94. The third-order valence-corrected chi connectivity index (χ3v) is 3.73. The summed E-state index contributed by atoms with van der Waals surface area (Å²) in [6, 6.07) is 6.19. The predicted molar refractivity (Wildman–Crippen MR) is 69.7 cm³/mol. The van der Waals surface area contributed by atoms with Crippen LogP contribution in [0.15, 0.2) is 22.7 Å². The third-order valence-electron chi connectivity index (χ3n) is 3.10. The van der Waals surface area contributed by atoms with E-state index in [0.717, 1.165) is 29.3 Å². The lowest BCUT2D eigenvalue weighted by Crippen LogP contribution is -2.20. The predicted octanol–water partition coefficient (Wildman–Crippen LogP) is 3.35. The van der Waals surface area contributed by atoms with Crippen molar-refractivity contribution >= 4 is 15.9 Å². The second kappa shape index (κ2) is 5.69. The molecule has 0 spiro atoms. The zero-order valence-corrected chi connectivity index (χ0v) is 11.2. The van der Waals surface area contributed by atoms with E-state index in [1.165, 1.54) is 24.8 Å². The second-order valence-electron chi connectivity index (χ2n) is 4.37. The maximum atomic E-state index is 5.94. The highest BCUT2D eigenvalue weighted by molar-refractivity contribution is 9.10. The molecule has 1 aromatic rings. The maximum Gasteiger partial charge on any atom is 0.137 e. The summed E-state index contributed by atoms with van der Waals surface area (Å²) in [7, 11) is 1.95. The van der Waals surface area contributed by atoms with Crippen LogP contribution >= 0.6 is 15.9 Å². The van der Waals surface area contributed by atoms with Crippen molar-refractivity contribution in [3.63, 3.8) is 0 Å². The Morgan fingerprint density at radius 3 is 2.88 bits per heavy atom. The largest absolute Gasteiger partial charge is 0.492 e. The fourth-order valence-corrected chi connectivity index (χ4v) is 2.43. The van der Waals surface area contributed by atoms with Crippen LogP contribution in [0.25, 0.3) is 0 Å². The summed E-state index contributed by atoms with van der Waals surface area (Å²) in [6.07, 6.45) is 4.02. The van der Waals surface area contributed by atoms with E-state index in [1.807, 2.05) is 19.2 Å². The van der Waals surface area contributed by atoms with Crippen LogP contribution in [-0.2, 0) is 6.54 Å². The minimum absolute atomic E-state index is 0.773. The highest BCUT2D eigenvalue weighted by Crippen LogP contribution is 2.32. The summed E-state index contributed by atoms with van der Waals surface area (Å²) < 4.78 is 6.99. The van der Waals surface area contributed by atoms with Crippen LogP contribution in [0.5, 0.6) is 5.75 Å². The van der Waals surface area contributed by atoms with Crippen molar-refractivity contribution in [3.8, 4) is 5.75 Å². The van der Waals surface area contributed by atoms with Gasteiger partial charge < -0.3 is 10.1 Å². The second-order valence-corrected chi connectivity index (χ2v) is 5.22. The zero-order valence-electron chi connectivity index (χ0n) is 9.63. The molecule has 0 amide bonds. The van der Waals surface area contributed by atoms with Crippen molar-refractivity contribution in [3.05, 3.63) is 28.2 Å². The number of ether oxygens (including phenoxy) is 1. The Morgan fingerprint density at radius 1 is 1.44 bits per heavy atom. The number of hydrogen-bond acceptors (Lipinski definition) is 2. The highest BCUT2D eigenvalue weighted by atomic mass is 79.9. The average Bonchev–Trinajstić information content (AvgIpc) is 2.20. The molecule has 0 radical (unpaired) electrons. The first kappa shape index (κ1) is 11.9. The van der Waals surface area contributed by atoms with Crippen LogP contribution in [0, 0.1) is 5.92 Å². The summed E-state index contributed by atoms with van der Waals surface area (Å²) in [5, 5.41) is 3.17. The van der Waals surface area contributed by atoms with Crippen molar-refractivity contribution < 1.29 is 4.74 Å². The molecule has 0 saturated heterocycles. The van der Waals surface area contributed by atoms with E-state index in [9.17, 15) is 0 Å². The molecule has 0 unspecified atom stereocenters. The van der Waals surface area contributed by atoms with Crippen molar-refractivity contribution in [1.82, 2.24) is 5.32 Å². The van der Waals surface area contributed by atoms with Gasteiger partial charge in [-0.25, -0.2) is 0 Å². The van der Waals surface area contributed by atoms with E-state index in [0.29, 0.717) is 0 Å². The van der Waals surface area contributed by atoms with Crippen LogP contribution in [0.3, 0.4) is 0 Å². The van der Waals surface area contributed by atoms with E-state index in [1.54, 1.807) is 0 Å². The summed E-state index contributed by atoms with van der Waals surface area (Å²) in [6.45, 7) is 1.71. The van der Waals surface area contributed by atoms with Gasteiger partial charge >= 0.3 is 0 Å². The zero-order chi connectivity index (χ0) is 11.4. The molecule has 3 heteroatoms. The molecule has 1 N–H and O–H groups in total. The number of hydrogen-bond donors (Lipinski definition) is 1. The van der Waals surface area contributed by atoms with Crippen LogP contribution in [0.1, 0.15) is 24.8 Å². The smallest absolute Gasteiger partial charge is 0.137 e. The van der Waals surface area contributed by atoms with Gasteiger partial charge in [0, 0.05) is 12.1 Å². The number of benzene rings is 1. The lowest BCUT2D eigenvalue weighted by Gasteiger charge is -2.26. The molecule has 1 fully saturated rings. The van der Waals surface area contributed by atoms with Gasteiger partial charge in [0.25, 0.3) is 0 Å². The van der Waals surface area contributed by atoms with Crippen LogP contribution in [-0.4, -0.2) is 13.7 Å². The standard InChI is InChI=1S/C13H18BrNO/c1-15-8-11-6-3-7-12(14)13(11)16-9-10-4-2-5-10/h3,6-7,10,15H,2,4-5,8-9H2,1H3. The molecule has 0 aromatic heterocycles. The fourth-order valence-electron chi connectivity index (χ4n) is 1.91. The number of para-hydroxylation sites is 1. The highest BCUT2D eigenvalue weighted by Gasteiger charge is 2.19. The molecule has 2 rings (SSSR count). The minimum Gasteiger partial charge on any atom is -0.492 e. The first-order valence-corrected chi connectivity index (χ1v) is 6.65. The summed E-state index contributed by atoms with van der Waals surface area (Å²) >= 11 is 3.55. The monoisotopic (exact) mass is 283 g/mol. The van der Waals surface area contributed by atoms with Gasteiger partial charge in [-0.05, 0) is 47.8 Å². The molecule has 2 nitrogen and oxygen atoms in total. The molecule has 0 atom stereocenters. The van der Waals surface area contributed by atoms with Crippen LogP contribution in [0.4, 0.5) is 0 Å². The molecule has 1 aliphatic rings. The molecule has 1 saturated carbocycles. The average molecular weight is 284 g/mol. The molecular weight excluding hydrogens is 266 g/mol. The van der Waals surface area contributed by atoms with Gasteiger partial charge in [-0.3, -0.25) is 0 Å². The number of halogens is 1. The van der Waals surface area contributed by atoms with Crippen LogP contribution < -0.4 is 10.1 Å². The Morgan fingerprint density at radius 2 is 2.25 bits per heavy atom. The number of rotatable bonds is 5. The molecule has 1 aliphatic carbocycles. The van der Waals surface area contributed by atoms with Crippen LogP contribution in [0.2, 0.25) is 0 Å². The van der Waals surface area contributed by atoms with Gasteiger partial charge in [0.05, 0.1) is 11.1 Å². The molecule has 1 aromatic carbocycles. The minimum atomic E-state index is 0.773. The van der Waals surface area contributed by atoms with Gasteiger partial charge in [0.2, 0.25) is 0 Å². The normalized spacial score (nSPS) is 15.9. The molecule has 88 valence electrons. The van der Waals surface area contributed by atoms with Gasteiger partial charge in [-0.15, -0.1) is 0 Å². The van der Waals surface area contributed by atoms with Crippen molar-refractivity contribution in [1.29, 1.82) is 0 Å². The van der Waals surface area contributed by atoms with E-state index in [2.05, 4.69) is 27.3 Å². The molecular formula is C13H18BrNO. The van der Waals surface area contributed by atoms with Crippen molar-refractivity contribution in [2.75, 3.05) is 13.7 Å². The van der Waals surface area contributed by atoms with E-state index < -0.39 is 0 Å². The van der Waals surface area contributed by atoms with Crippen molar-refractivity contribution in [2.24, 2.45) is 5.92 Å². The molecule has 0 aliphatic heterocycles. The Kier molecular flexibility index (Phi) is 4.24. The Bertz CT molecular complexity index is 350. The molecule has 16 heavy (non-hydrogen) atoms. The van der Waals surface area contributed by atoms with Gasteiger partial charge in [-0.1, -0.05) is 18.6 Å². The lowest BCUT2D eigenvalue weighted by atomic mass is 9.86.